The van der Waals surface area contributed by atoms with Gasteiger partial charge in [-0.1, -0.05) is 0 Å². The number of nitro groups is 1. The molecule has 1 aromatic rings. The SMILES string of the molecule is NCc1cc([N+](=O)[O-])ccc1OCCC(N)=O. The monoisotopic (exact) mass is 239 g/mol. The summed E-state index contributed by atoms with van der Waals surface area (Å²) in [5.41, 5.74) is 10.9. The molecule has 0 spiro atoms. The summed E-state index contributed by atoms with van der Waals surface area (Å²) in [7, 11) is 0. The lowest BCUT2D eigenvalue weighted by molar-refractivity contribution is -0.384. The highest BCUT2D eigenvalue weighted by Gasteiger charge is 2.10. The van der Waals surface area contributed by atoms with Crippen molar-refractivity contribution in [2.45, 2.75) is 13.0 Å². The number of benzene rings is 1. The number of rotatable bonds is 6. The van der Waals surface area contributed by atoms with Gasteiger partial charge in [-0.3, -0.25) is 14.9 Å². The van der Waals surface area contributed by atoms with Crippen LogP contribution < -0.4 is 16.2 Å². The third-order valence-corrected chi connectivity index (χ3v) is 2.08. The van der Waals surface area contributed by atoms with Gasteiger partial charge in [-0.05, 0) is 6.07 Å². The van der Waals surface area contributed by atoms with Crippen LogP contribution in [-0.2, 0) is 11.3 Å². The molecule has 0 aliphatic carbocycles. The van der Waals surface area contributed by atoms with Crippen LogP contribution in [0.4, 0.5) is 5.69 Å². The minimum Gasteiger partial charge on any atom is -0.493 e. The van der Waals surface area contributed by atoms with Crippen LogP contribution in [0.5, 0.6) is 5.75 Å². The summed E-state index contributed by atoms with van der Waals surface area (Å²) in [6.07, 6.45) is 0.0843. The summed E-state index contributed by atoms with van der Waals surface area (Å²) in [5, 5.41) is 10.5. The molecule has 0 aliphatic heterocycles. The normalized spacial score (nSPS) is 9.94. The van der Waals surface area contributed by atoms with Gasteiger partial charge >= 0.3 is 0 Å². The van der Waals surface area contributed by atoms with Crippen molar-refractivity contribution in [3.8, 4) is 5.75 Å². The highest BCUT2D eigenvalue weighted by molar-refractivity contribution is 5.73. The molecule has 7 heteroatoms. The number of nitro benzene ring substituents is 1. The highest BCUT2D eigenvalue weighted by Crippen LogP contribution is 2.23. The number of ether oxygens (including phenoxy) is 1. The van der Waals surface area contributed by atoms with Crippen molar-refractivity contribution in [3.63, 3.8) is 0 Å². The van der Waals surface area contributed by atoms with E-state index in [1.54, 1.807) is 0 Å². The summed E-state index contributed by atoms with van der Waals surface area (Å²) in [6, 6.07) is 4.12. The van der Waals surface area contributed by atoms with Gasteiger partial charge in [0.1, 0.15) is 5.75 Å². The number of carbonyl (C=O) groups excluding carboxylic acids is 1. The fraction of sp³-hybridized carbons (Fsp3) is 0.300. The zero-order valence-corrected chi connectivity index (χ0v) is 9.09. The molecule has 7 nitrogen and oxygen atoms in total. The zero-order chi connectivity index (χ0) is 12.8. The minimum atomic E-state index is -0.508. The van der Waals surface area contributed by atoms with Crippen molar-refractivity contribution >= 4 is 11.6 Å². The van der Waals surface area contributed by atoms with Gasteiger partial charge in [-0.2, -0.15) is 0 Å². The van der Waals surface area contributed by atoms with Crippen molar-refractivity contribution in [2.75, 3.05) is 6.61 Å². The predicted octanol–water partition coefficient (Wildman–Crippen LogP) is 0.308. The Kier molecular flexibility index (Phi) is 4.41. The van der Waals surface area contributed by atoms with Crippen molar-refractivity contribution in [3.05, 3.63) is 33.9 Å². The predicted molar refractivity (Wildman–Crippen MR) is 60.3 cm³/mol. The highest BCUT2D eigenvalue weighted by atomic mass is 16.6. The molecule has 0 aliphatic rings. The molecule has 0 aromatic heterocycles. The Bertz CT molecular complexity index is 434. The van der Waals surface area contributed by atoms with Crippen LogP contribution in [0, 0.1) is 10.1 Å². The summed E-state index contributed by atoms with van der Waals surface area (Å²) >= 11 is 0. The van der Waals surface area contributed by atoms with E-state index in [1.807, 2.05) is 0 Å². The average molecular weight is 239 g/mol. The molecule has 17 heavy (non-hydrogen) atoms. The fourth-order valence-electron chi connectivity index (χ4n) is 1.24. The van der Waals surface area contributed by atoms with Crippen LogP contribution in [0.25, 0.3) is 0 Å². The van der Waals surface area contributed by atoms with E-state index in [9.17, 15) is 14.9 Å². The second kappa shape index (κ2) is 5.80. The minimum absolute atomic E-state index is 0.0484. The van der Waals surface area contributed by atoms with Gasteiger partial charge in [0, 0.05) is 24.2 Å². The van der Waals surface area contributed by atoms with Gasteiger partial charge in [0.2, 0.25) is 5.91 Å². The number of carbonyl (C=O) groups is 1. The first-order chi connectivity index (χ1) is 8.04. The number of primary amides is 1. The quantitative estimate of drug-likeness (QED) is 0.546. The van der Waals surface area contributed by atoms with E-state index in [0.717, 1.165) is 0 Å². The summed E-state index contributed by atoms with van der Waals surface area (Å²) in [6.45, 7) is 0.244. The first-order valence-electron chi connectivity index (χ1n) is 4.93. The maximum atomic E-state index is 10.5. The van der Waals surface area contributed by atoms with Gasteiger partial charge in [-0.15, -0.1) is 0 Å². The van der Waals surface area contributed by atoms with Crippen LogP contribution in [0.3, 0.4) is 0 Å². The first kappa shape index (κ1) is 12.9. The Morgan fingerprint density at radius 2 is 2.18 bits per heavy atom. The number of hydrogen-bond acceptors (Lipinski definition) is 5. The molecule has 0 saturated heterocycles. The van der Waals surface area contributed by atoms with E-state index >= 15 is 0 Å². The molecular weight excluding hydrogens is 226 g/mol. The van der Waals surface area contributed by atoms with Crippen LogP contribution in [0.1, 0.15) is 12.0 Å². The summed E-state index contributed by atoms with van der Waals surface area (Å²) in [4.78, 5) is 20.6. The summed E-state index contributed by atoms with van der Waals surface area (Å²) < 4.78 is 5.27. The second-order valence-electron chi connectivity index (χ2n) is 3.32. The smallest absolute Gasteiger partial charge is 0.270 e. The van der Waals surface area contributed by atoms with Crippen molar-refractivity contribution < 1.29 is 14.5 Å². The number of hydrogen-bond donors (Lipinski definition) is 2. The Balaban J connectivity index is 2.78. The molecule has 4 N–H and O–H groups in total. The molecule has 1 rings (SSSR count). The molecule has 0 heterocycles. The van der Waals surface area contributed by atoms with Crippen LogP contribution in [0.2, 0.25) is 0 Å². The van der Waals surface area contributed by atoms with Gasteiger partial charge in [0.25, 0.3) is 5.69 Å². The largest absolute Gasteiger partial charge is 0.493 e. The molecule has 1 amide bonds. The molecular formula is C10H13N3O4. The molecule has 0 bridgehead atoms. The number of nitrogens with zero attached hydrogens (tertiary/aromatic N) is 1. The third kappa shape index (κ3) is 3.72. The van der Waals surface area contributed by atoms with Crippen LogP contribution in [0.15, 0.2) is 18.2 Å². The number of nitrogens with two attached hydrogens (primary N) is 2. The maximum absolute atomic E-state index is 10.5. The molecule has 92 valence electrons. The lowest BCUT2D eigenvalue weighted by atomic mass is 10.2. The van der Waals surface area contributed by atoms with E-state index < -0.39 is 10.8 Å². The van der Waals surface area contributed by atoms with E-state index in [0.29, 0.717) is 11.3 Å². The molecule has 1 aromatic carbocycles. The molecule has 0 saturated carbocycles. The number of non-ortho nitro benzene ring substituents is 1. The fourth-order valence-corrected chi connectivity index (χ4v) is 1.24. The number of amides is 1. The lowest BCUT2D eigenvalue weighted by Crippen LogP contribution is -2.15. The molecule has 0 radical (unpaired) electrons. The third-order valence-electron chi connectivity index (χ3n) is 2.08. The Hall–Kier alpha value is -2.15. The second-order valence-corrected chi connectivity index (χ2v) is 3.32. The Labute approximate surface area is 97.5 Å². The van der Waals surface area contributed by atoms with Crippen LogP contribution >= 0.6 is 0 Å². The van der Waals surface area contributed by atoms with Crippen molar-refractivity contribution in [1.82, 2.24) is 0 Å². The first-order valence-corrected chi connectivity index (χ1v) is 4.93. The zero-order valence-electron chi connectivity index (χ0n) is 9.09. The summed E-state index contributed by atoms with van der Waals surface area (Å²) in [5.74, 6) is -0.0411. The topological polar surface area (TPSA) is 121 Å². The maximum Gasteiger partial charge on any atom is 0.270 e. The van der Waals surface area contributed by atoms with Gasteiger partial charge in [0.15, 0.2) is 0 Å². The van der Waals surface area contributed by atoms with Gasteiger partial charge < -0.3 is 16.2 Å². The molecule has 0 atom stereocenters. The average Bonchev–Trinajstić information content (AvgIpc) is 2.28. The van der Waals surface area contributed by atoms with E-state index in [1.165, 1.54) is 18.2 Å². The Morgan fingerprint density at radius 3 is 2.71 bits per heavy atom. The lowest BCUT2D eigenvalue weighted by Gasteiger charge is -2.09. The van der Waals surface area contributed by atoms with Crippen molar-refractivity contribution in [2.24, 2.45) is 11.5 Å². The van der Waals surface area contributed by atoms with Crippen LogP contribution in [-0.4, -0.2) is 17.4 Å². The Morgan fingerprint density at radius 1 is 1.47 bits per heavy atom. The standard InChI is InChI=1S/C10H13N3O4/c11-6-7-5-8(13(15)16)1-2-9(7)17-4-3-10(12)14/h1-2,5H,3-4,6,11H2,(H2,12,14). The molecule has 0 fully saturated rings. The van der Waals surface area contributed by atoms with E-state index in [2.05, 4.69) is 0 Å². The van der Waals surface area contributed by atoms with Gasteiger partial charge in [-0.25, -0.2) is 0 Å². The van der Waals surface area contributed by atoms with E-state index in [4.69, 9.17) is 16.2 Å². The van der Waals surface area contributed by atoms with E-state index in [-0.39, 0.29) is 25.3 Å². The van der Waals surface area contributed by atoms with Crippen molar-refractivity contribution in [1.29, 1.82) is 0 Å². The van der Waals surface area contributed by atoms with Gasteiger partial charge in [0.05, 0.1) is 18.0 Å². The molecule has 0 unspecified atom stereocenters.